The van der Waals surface area contributed by atoms with Gasteiger partial charge in [-0.3, -0.25) is 9.59 Å². The van der Waals surface area contributed by atoms with E-state index in [0.717, 1.165) is 12.8 Å². The summed E-state index contributed by atoms with van der Waals surface area (Å²) < 4.78 is 11.4. The Morgan fingerprint density at radius 3 is 1.29 bits per heavy atom. The lowest BCUT2D eigenvalue weighted by atomic mass is 9.59. The van der Waals surface area contributed by atoms with E-state index in [4.69, 9.17) is 9.47 Å². The van der Waals surface area contributed by atoms with Crippen LogP contribution in [0.25, 0.3) is 0 Å². The van der Waals surface area contributed by atoms with Crippen LogP contribution in [0.2, 0.25) is 0 Å². The maximum Gasteiger partial charge on any atom is 0.334 e. The summed E-state index contributed by atoms with van der Waals surface area (Å²) in [6.45, 7) is 21.6. The highest BCUT2D eigenvalue weighted by atomic mass is 16.6. The summed E-state index contributed by atoms with van der Waals surface area (Å²) in [7, 11) is 0. The van der Waals surface area contributed by atoms with Gasteiger partial charge >= 0.3 is 11.9 Å². The molecule has 0 unspecified atom stereocenters. The fraction of sp³-hybridized carbons (Fsp3) is 0.680. The molecule has 0 aromatic heterocycles. The van der Waals surface area contributed by atoms with Crippen molar-refractivity contribution in [2.24, 2.45) is 69.0 Å². The first-order valence-electron chi connectivity index (χ1n) is 22.4. The molecule has 6 N–H and O–H groups in total. The van der Waals surface area contributed by atoms with Gasteiger partial charge in [-0.25, -0.2) is 9.59 Å². The Hall–Kier alpha value is -3.52. The lowest BCUT2D eigenvalue weighted by molar-refractivity contribution is -0.201. The van der Waals surface area contributed by atoms with Crippen LogP contribution in [0.15, 0.2) is 69.9 Å². The Bertz CT molecular complexity index is 2000. The lowest BCUT2D eigenvalue weighted by Crippen LogP contribution is -2.65. The van der Waals surface area contributed by atoms with Crippen molar-refractivity contribution in [3.8, 4) is 0 Å². The highest BCUT2D eigenvalue weighted by Gasteiger charge is 2.78. The molecule has 0 amide bonds. The van der Waals surface area contributed by atoms with Crippen LogP contribution < -0.4 is 0 Å². The van der Waals surface area contributed by atoms with Crippen molar-refractivity contribution in [3.63, 3.8) is 0 Å². The van der Waals surface area contributed by atoms with Crippen LogP contribution in [-0.2, 0) is 28.7 Å². The van der Waals surface area contributed by atoms with E-state index in [-0.39, 0.29) is 57.2 Å². The Morgan fingerprint density at radius 2 is 1.00 bits per heavy atom. The Kier molecular flexibility index (Phi) is 11.3. The largest absolute Gasteiger partial charge is 0.451 e. The molecule has 4 fully saturated rings. The number of ketones is 2. The number of aliphatic hydroxyl groups is 6. The van der Waals surface area contributed by atoms with Crippen LogP contribution >= 0.6 is 0 Å². The van der Waals surface area contributed by atoms with Gasteiger partial charge in [0.1, 0.15) is 12.2 Å². The third-order valence-electron chi connectivity index (χ3n) is 17.8. The Labute approximate surface area is 365 Å². The molecule has 4 bridgehead atoms. The van der Waals surface area contributed by atoms with E-state index < -0.39 is 83.4 Å². The van der Waals surface area contributed by atoms with E-state index in [1.807, 2.05) is 13.8 Å². The smallest absolute Gasteiger partial charge is 0.334 e. The normalized spacial score (nSPS) is 45.6. The maximum atomic E-state index is 14.2. The molecule has 0 radical (unpaired) electrons. The lowest BCUT2D eigenvalue weighted by Gasteiger charge is -2.48. The van der Waals surface area contributed by atoms with E-state index in [0.29, 0.717) is 34.1 Å². The minimum atomic E-state index is -2.08. The van der Waals surface area contributed by atoms with Crippen LogP contribution in [0.1, 0.15) is 95.9 Å². The summed E-state index contributed by atoms with van der Waals surface area (Å²) >= 11 is 0. The number of allylic oxidation sites excluding steroid dienone is 4. The van der Waals surface area contributed by atoms with Gasteiger partial charge in [0.05, 0.1) is 24.0 Å². The van der Waals surface area contributed by atoms with Gasteiger partial charge in [-0.2, -0.15) is 0 Å². The molecule has 2 spiro atoms. The molecular formula is C50H68O12. The minimum absolute atomic E-state index is 0.0209. The fourth-order valence-electron chi connectivity index (χ4n) is 13.8. The predicted octanol–water partition coefficient (Wildman–Crippen LogP) is 4.66. The predicted molar refractivity (Wildman–Crippen MR) is 229 cm³/mol. The summed E-state index contributed by atoms with van der Waals surface area (Å²) in [5, 5.41) is 67.4. The molecule has 0 saturated heterocycles. The van der Waals surface area contributed by atoms with Gasteiger partial charge in [0.25, 0.3) is 0 Å². The van der Waals surface area contributed by atoms with Crippen molar-refractivity contribution in [3.05, 3.63) is 69.9 Å². The summed E-state index contributed by atoms with van der Waals surface area (Å²) in [6, 6.07) is 0. The number of hydrogen-bond donors (Lipinski definition) is 6. The first-order chi connectivity index (χ1) is 28.8. The molecule has 8 rings (SSSR count). The molecule has 0 heterocycles. The Balaban J connectivity index is 0.000000186. The van der Waals surface area contributed by atoms with Crippen LogP contribution in [0, 0.1) is 69.0 Å². The molecule has 12 nitrogen and oxygen atoms in total. The second-order valence-electron chi connectivity index (χ2n) is 21.2. The Morgan fingerprint density at radius 1 is 0.677 bits per heavy atom. The number of Topliss-reactive ketones (excluding diaryl/α,β-unsaturated/α-hetero) is 2. The number of fused-ring (bicyclic) bond motifs is 6. The number of carbonyl (C=O) groups is 4. The molecule has 8 aliphatic rings. The standard InChI is InChI=1S/2C25H34O6/c2*1-7-12(2)22(29)31-21-13(3)10-24-14(4)8-17-18(23(17,5)6)16(20(24)28)9-15(11-26)19(27)25(21,24)30/h2*7,9-10,14,16-19,21,26-27,30H,8,11H2,1-6H3/b2*12-7-/t2*14-,16+,17-,18+,19-,21+,24+,25+/m11/s1. The van der Waals surface area contributed by atoms with Crippen molar-refractivity contribution >= 4 is 23.5 Å². The second kappa shape index (κ2) is 15.0. The summed E-state index contributed by atoms with van der Waals surface area (Å²) in [5.41, 5.74) is -4.73. The van der Waals surface area contributed by atoms with E-state index >= 15 is 0 Å². The number of aliphatic hydroxyl groups excluding tert-OH is 4. The van der Waals surface area contributed by atoms with Crippen molar-refractivity contribution < 1.29 is 59.3 Å². The zero-order valence-corrected chi connectivity index (χ0v) is 38.4. The molecule has 0 aromatic rings. The van der Waals surface area contributed by atoms with Crippen LogP contribution in [0.4, 0.5) is 0 Å². The fourth-order valence-corrected chi connectivity index (χ4v) is 13.8. The molecule has 12 heteroatoms. The molecule has 4 saturated carbocycles. The quantitative estimate of drug-likeness (QED) is 0.123. The van der Waals surface area contributed by atoms with Crippen LogP contribution in [0.3, 0.4) is 0 Å². The van der Waals surface area contributed by atoms with Crippen LogP contribution in [0.5, 0.6) is 0 Å². The highest BCUT2D eigenvalue weighted by molar-refractivity contribution is 5.97. The third kappa shape index (κ3) is 5.84. The topological polar surface area (TPSA) is 208 Å². The second-order valence-corrected chi connectivity index (χ2v) is 21.2. The first-order valence-corrected chi connectivity index (χ1v) is 22.4. The van der Waals surface area contributed by atoms with E-state index in [2.05, 4.69) is 27.7 Å². The van der Waals surface area contributed by atoms with E-state index in [1.54, 1.807) is 78.0 Å². The number of rotatable bonds is 6. The average Bonchev–Trinajstić information content (AvgIpc) is 3.94. The molecule has 0 aliphatic heterocycles. The molecular weight excluding hydrogens is 793 g/mol. The molecule has 0 aromatic carbocycles. The van der Waals surface area contributed by atoms with Crippen molar-refractivity contribution in [1.29, 1.82) is 0 Å². The zero-order valence-electron chi connectivity index (χ0n) is 38.4. The molecule has 16 atom stereocenters. The zero-order chi connectivity index (χ0) is 46.2. The summed E-state index contributed by atoms with van der Waals surface area (Å²) in [6.07, 6.45) is 6.08. The molecule has 8 aliphatic carbocycles. The van der Waals surface area contributed by atoms with Gasteiger partial charge < -0.3 is 40.1 Å². The van der Waals surface area contributed by atoms with Gasteiger partial charge in [-0.05, 0) is 123 Å². The van der Waals surface area contributed by atoms with E-state index in [1.165, 1.54) is 0 Å². The van der Waals surface area contributed by atoms with Gasteiger partial charge in [0.15, 0.2) is 35.0 Å². The van der Waals surface area contributed by atoms with Gasteiger partial charge in [0.2, 0.25) is 0 Å². The first kappa shape index (κ1) is 46.5. The van der Waals surface area contributed by atoms with Crippen molar-refractivity contribution in [2.75, 3.05) is 13.2 Å². The van der Waals surface area contributed by atoms with Gasteiger partial charge in [-0.15, -0.1) is 0 Å². The van der Waals surface area contributed by atoms with E-state index in [9.17, 15) is 49.8 Å². The number of esters is 2. The minimum Gasteiger partial charge on any atom is -0.451 e. The van der Waals surface area contributed by atoms with Crippen molar-refractivity contribution in [2.45, 2.75) is 132 Å². The highest BCUT2D eigenvalue weighted by Crippen LogP contribution is 2.73. The SMILES string of the molecule is C/C=C(/C)C(=O)O[C@H]1C(C)=C[C@]23C(=O)[C@@H](C=C(CO)[C@@H](O)[C@]12O)[C@H]1[C@@H](C[C@H]3C)C1(C)C.C/C=C(/C)C(=O)O[C@H]1C(C)=C[C@]23C(=O)[C@@H](C=C(CO)[C@@H](O)[C@]12O)[C@H]1[C@@H](C[C@H]3C)C1(C)C. The van der Waals surface area contributed by atoms with Gasteiger partial charge in [-0.1, -0.05) is 78.0 Å². The van der Waals surface area contributed by atoms with Gasteiger partial charge in [0, 0.05) is 23.0 Å². The molecule has 62 heavy (non-hydrogen) atoms. The summed E-state index contributed by atoms with van der Waals surface area (Å²) in [5.74, 6) is -2.25. The monoisotopic (exact) mass is 860 g/mol. The maximum absolute atomic E-state index is 14.2. The number of carbonyl (C=O) groups excluding carboxylic acids is 4. The summed E-state index contributed by atoms with van der Waals surface area (Å²) in [4.78, 5) is 53.6. The average molecular weight is 861 g/mol. The van der Waals surface area contributed by atoms with Crippen molar-refractivity contribution in [1.82, 2.24) is 0 Å². The number of ether oxygens (including phenoxy) is 2. The number of hydrogen-bond acceptors (Lipinski definition) is 12. The third-order valence-corrected chi connectivity index (χ3v) is 17.8. The molecule has 340 valence electrons. The van der Waals surface area contributed by atoms with Crippen LogP contribution in [-0.4, -0.2) is 103 Å².